The first-order valence-corrected chi connectivity index (χ1v) is 10.9. The Kier molecular flexibility index (Phi) is 7.41. The van der Waals surface area contributed by atoms with E-state index in [0.717, 1.165) is 10.2 Å². The number of amides is 1. The molecule has 27 heavy (non-hydrogen) atoms. The molecule has 2 N–H and O–H groups in total. The molecule has 2 aromatic carbocycles. The van der Waals surface area contributed by atoms with Gasteiger partial charge in [-0.05, 0) is 48.9 Å². The van der Waals surface area contributed by atoms with E-state index in [1.54, 1.807) is 32.9 Å². The first-order chi connectivity index (χ1) is 12.8. The lowest BCUT2D eigenvalue weighted by atomic mass is 10.2. The zero-order valence-electron chi connectivity index (χ0n) is 15.6. The number of carbonyl (C=O) groups excluding carboxylic acids is 1. The van der Waals surface area contributed by atoms with E-state index in [9.17, 15) is 13.2 Å². The van der Waals surface area contributed by atoms with Gasteiger partial charge in [0.05, 0.1) is 11.4 Å². The molecule has 2 aromatic rings. The van der Waals surface area contributed by atoms with Crippen LogP contribution < -0.4 is 10.6 Å². The highest BCUT2D eigenvalue weighted by Crippen LogP contribution is 2.23. The van der Waals surface area contributed by atoms with Gasteiger partial charge >= 0.3 is 0 Å². The summed E-state index contributed by atoms with van der Waals surface area (Å²) >= 11 is 3.36. The highest BCUT2D eigenvalue weighted by Gasteiger charge is 2.24. The average molecular weight is 454 g/mol. The van der Waals surface area contributed by atoms with Crippen LogP contribution in [-0.4, -0.2) is 38.3 Å². The number of nitrogens with one attached hydrogen (secondary N) is 2. The van der Waals surface area contributed by atoms with Crippen LogP contribution in [0.25, 0.3) is 0 Å². The first-order valence-electron chi connectivity index (χ1n) is 8.68. The summed E-state index contributed by atoms with van der Waals surface area (Å²) in [6, 6.07) is 12.4. The van der Waals surface area contributed by atoms with E-state index in [0.29, 0.717) is 24.3 Å². The van der Waals surface area contributed by atoms with Crippen LogP contribution in [0.2, 0.25) is 0 Å². The largest absolute Gasteiger partial charge is 0.376 e. The van der Waals surface area contributed by atoms with Gasteiger partial charge in [0.1, 0.15) is 0 Å². The van der Waals surface area contributed by atoms with Crippen LogP contribution in [0.4, 0.5) is 11.4 Å². The zero-order valence-corrected chi connectivity index (χ0v) is 18.0. The normalized spacial score (nSPS) is 11.4. The highest BCUT2D eigenvalue weighted by molar-refractivity contribution is 9.10. The molecule has 0 fully saturated rings. The Hall–Kier alpha value is -1.90. The van der Waals surface area contributed by atoms with Crippen LogP contribution >= 0.6 is 15.9 Å². The van der Waals surface area contributed by atoms with Crippen molar-refractivity contribution in [3.63, 3.8) is 0 Å². The Balaban J connectivity index is 2.11. The summed E-state index contributed by atoms with van der Waals surface area (Å²) in [4.78, 5) is 12.4. The summed E-state index contributed by atoms with van der Waals surface area (Å²) < 4.78 is 27.9. The number of nitrogens with zero attached hydrogens (tertiary/aromatic N) is 1. The predicted molar refractivity (Wildman–Crippen MR) is 113 cm³/mol. The highest BCUT2D eigenvalue weighted by atomic mass is 79.9. The molecule has 2 rings (SSSR count). The summed E-state index contributed by atoms with van der Waals surface area (Å²) in [7, 11) is -3.59. The van der Waals surface area contributed by atoms with Gasteiger partial charge in [-0.15, -0.1) is 0 Å². The van der Waals surface area contributed by atoms with Crippen molar-refractivity contribution in [2.24, 2.45) is 0 Å². The van der Waals surface area contributed by atoms with Gasteiger partial charge in [-0.3, -0.25) is 4.79 Å². The van der Waals surface area contributed by atoms with Gasteiger partial charge in [0.15, 0.2) is 0 Å². The fourth-order valence-corrected chi connectivity index (χ4v) is 4.59. The molecule has 0 aromatic heterocycles. The van der Waals surface area contributed by atoms with Crippen molar-refractivity contribution in [1.29, 1.82) is 0 Å². The number of halogens is 1. The molecule has 0 radical (unpaired) electrons. The predicted octanol–water partition coefficient (Wildman–Crippen LogP) is 3.84. The molecule has 146 valence electrons. The number of anilines is 2. The lowest BCUT2D eigenvalue weighted by Crippen LogP contribution is -2.31. The van der Waals surface area contributed by atoms with E-state index in [1.165, 1.54) is 10.4 Å². The lowest BCUT2D eigenvalue weighted by Gasteiger charge is -2.20. The van der Waals surface area contributed by atoms with E-state index in [2.05, 4.69) is 26.6 Å². The quantitative estimate of drug-likeness (QED) is 0.636. The summed E-state index contributed by atoms with van der Waals surface area (Å²) in [5, 5.41) is 5.77. The molecule has 0 aliphatic heterocycles. The van der Waals surface area contributed by atoms with Crippen molar-refractivity contribution >= 4 is 43.2 Å². The fraction of sp³-hybridized carbons (Fsp3) is 0.316. The van der Waals surface area contributed by atoms with Gasteiger partial charge in [-0.1, -0.05) is 35.8 Å². The summed E-state index contributed by atoms with van der Waals surface area (Å²) in [6.07, 6.45) is 0. The van der Waals surface area contributed by atoms with E-state index >= 15 is 0 Å². The number of hydrogen-bond acceptors (Lipinski definition) is 4. The molecule has 0 unspecified atom stereocenters. The fourth-order valence-electron chi connectivity index (χ4n) is 2.61. The van der Waals surface area contributed by atoms with Gasteiger partial charge in [0.25, 0.3) is 0 Å². The Morgan fingerprint density at radius 3 is 2.22 bits per heavy atom. The van der Waals surface area contributed by atoms with E-state index < -0.39 is 10.0 Å². The molecule has 0 spiro atoms. The minimum Gasteiger partial charge on any atom is -0.376 e. The van der Waals surface area contributed by atoms with E-state index in [-0.39, 0.29) is 17.3 Å². The third kappa shape index (κ3) is 5.54. The zero-order chi connectivity index (χ0) is 20.0. The molecule has 0 atom stereocenters. The standard InChI is InChI=1S/C19H24BrN3O3S/c1-4-23(5-2)27(25,26)18-12-17(9-6-14(18)3)22-19(24)13-21-16-10-7-15(20)8-11-16/h6-12,21H,4-5,13H2,1-3H3,(H,22,24). The minimum absolute atomic E-state index is 0.0770. The van der Waals surface area contributed by atoms with Crippen molar-refractivity contribution < 1.29 is 13.2 Å². The van der Waals surface area contributed by atoms with E-state index in [4.69, 9.17) is 0 Å². The van der Waals surface area contributed by atoms with Crippen molar-refractivity contribution in [1.82, 2.24) is 4.31 Å². The van der Waals surface area contributed by atoms with Crippen LogP contribution in [-0.2, 0) is 14.8 Å². The molecule has 0 saturated heterocycles. The number of benzene rings is 2. The molecule has 0 bridgehead atoms. The maximum absolute atomic E-state index is 12.8. The smallest absolute Gasteiger partial charge is 0.243 e. The maximum Gasteiger partial charge on any atom is 0.243 e. The Labute approximate surface area is 169 Å². The van der Waals surface area contributed by atoms with Crippen LogP contribution in [0.1, 0.15) is 19.4 Å². The van der Waals surface area contributed by atoms with Crippen molar-refractivity contribution in [3.8, 4) is 0 Å². The second-order valence-corrected chi connectivity index (χ2v) is 8.80. The number of carbonyl (C=O) groups is 1. The van der Waals surface area contributed by atoms with Crippen LogP contribution in [0.15, 0.2) is 51.8 Å². The van der Waals surface area contributed by atoms with E-state index in [1.807, 2.05) is 24.3 Å². The maximum atomic E-state index is 12.8. The van der Waals surface area contributed by atoms with Crippen molar-refractivity contribution in [2.75, 3.05) is 30.3 Å². The molecule has 8 heteroatoms. The molecular formula is C19H24BrN3O3S. The summed E-state index contributed by atoms with van der Waals surface area (Å²) in [6.45, 7) is 6.22. The number of hydrogen-bond donors (Lipinski definition) is 2. The van der Waals surface area contributed by atoms with Gasteiger partial charge in [-0.2, -0.15) is 4.31 Å². The Morgan fingerprint density at radius 1 is 1.04 bits per heavy atom. The summed E-state index contributed by atoms with van der Waals surface area (Å²) in [5.41, 5.74) is 1.92. The second-order valence-electron chi connectivity index (χ2n) is 5.98. The molecule has 0 aliphatic rings. The average Bonchev–Trinajstić information content (AvgIpc) is 2.63. The van der Waals surface area contributed by atoms with Crippen LogP contribution in [0.3, 0.4) is 0 Å². The topological polar surface area (TPSA) is 78.5 Å². The van der Waals surface area contributed by atoms with Gasteiger partial charge < -0.3 is 10.6 Å². The first kappa shape index (κ1) is 21.4. The van der Waals surface area contributed by atoms with Crippen molar-refractivity contribution in [2.45, 2.75) is 25.7 Å². The van der Waals surface area contributed by atoms with Crippen LogP contribution in [0.5, 0.6) is 0 Å². The summed E-state index contributed by atoms with van der Waals surface area (Å²) in [5.74, 6) is -0.257. The molecule has 0 saturated carbocycles. The number of sulfonamides is 1. The molecule has 6 nitrogen and oxygen atoms in total. The number of rotatable bonds is 8. The van der Waals surface area contributed by atoms with Crippen molar-refractivity contribution in [3.05, 3.63) is 52.5 Å². The third-order valence-corrected chi connectivity index (χ3v) is 6.81. The van der Waals surface area contributed by atoms with Gasteiger partial charge in [0.2, 0.25) is 15.9 Å². The SMILES string of the molecule is CCN(CC)S(=O)(=O)c1cc(NC(=O)CNc2ccc(Br)cc2)ccc1C. The number of aryl methyl sites for hydroxylation is 1. The molecule has 1 amide bonds. The van der Waals surface area contributed by atoms with Gasteiger partial charge in [0, 0.05) is 28.9 Å². The molecule has 0 aliphatic carbocycles. The minimum atomic E-state index is -3.59. The Bertz CT molecular complexity index is 895. The third-order valence-electron chi connectivity index (χ3n) is 4.09. The van der Waals surface area contributed by atoms with Crippen LogP contribution in [0, 0.1) is 6.92 Å². The monoisotopic (exact) mass is 453 g/mol. The lowest BCUT2D eigenvalue weighted by molar-refractivity contribution is -0.114. The second kappa shape index (κ2) is 9.34. The van der Waals surface area contributed by atoms with Gasteiger partial charge in [-0.25, -0.2) is 8.42 Å². The molecule has 0 heterocycles. The molecular weight excluding hydrogens is 430 g/mol. The Morgan fingerprint density at radius 2 is 1.63 bits per heavy atom.